The number of amides is 2. The zero-order valence-corrected chi connectivity index (χ0v) is 12.3. The number of hydrogen-bond acceptors (Lipinski definition) is 6. The Morgan fingerprint density at radius 1 is 0.950 bits per heavy atom. The molecule has 112 valence electrons. The van der Waals surface area contributed by atoms with Crippen LogP contribution in [0.15, 0.2) is 0 Å². The molecular weight excluding hydrogens is 266 g/mol. The average molecular weight is 285 g/mol. The van der Waals surface area contributed by atoms with Crippen LogP contribution in [0.5, 0.6) is 0 Å². The van der Waals surface area contributed by atoms with E-state index in [2.05, 4.69) is 0 Å². The van der Waals surface area contributed by atoms with Crippen LogP contribution >= 0.6 is 0 Å². The van der Waals surface area contributed by atoms with Crippen LogP contribution in [-0.2, 0) is 28.8 Å². The molecule has 2 amide bonds. The van der Waals surface area contributed by atoms with E-state index in [1.165, 1.54) is 13.8 Å². The number of ether oxygens (including phenoxy) is 1. The van der Waals surface area contributed by atoms with E-state index in [-0.39, 0.29) is 12.8 Å². The molecule has 1 heterocycles. The second-order valence-electron chi connectivity index (χ2n) is 6.09. The maximum Gasteiger partial charge on any atom is 0.349 e. The van der Waals surface area contributed by atoms with Gasteiger partial charge in [-0.1, -0.05) is 0 Å². The van der Waals surface area contributed by atoms with Crippen LogP contribution in [-0.4, -0.2) is 34.4 Å². The number of imide groups is 1. The first-order valence-electron chi connectivity index (χ1n) is 6.27. The monoisotopic (exact) mass is 285 g/mol. The summed E-state index contributed by atoms with van der Waals surface area (Å²) in [6.45, 7) is 7.63. The van der Waals surface area contributed by atoms with E-state index in [0.717, 1.165) is 0 Å². The van der Waals surface area contributed by atoms with E-state index >= 15 is 0 Å². The van der Waals surface area contributed by atoms with Crippen molar-refractivity contribution < 1.29 is 28.8 Å². The van der Waals surface area contributed by atoms with Crippen LogP contribution in [0.4, 0.5) is 0 Å². The molecule has 1 aliphatic rings. The fourth-order valence-electron chi connectivity index (χ4n) is 1.34. The molecule has 0 N–H and O–H groups in total. The van der Waals surface area contributed by atoms with Gasteiger partial charge in [0.1, 0.15) is 5.60 Å². The Morgan fingerprint density at radius 2 is 1.40 bits per heavy atom. The van der Waals surface area contributed by atoms with Crippen LogP contribution in [0.1, 0.15) is 47.5 Å². The maximum absolute atomic E-state index is 12.0. The average Bonchev–Trinajstić information content (AvgIpc) is 2.58. The van der Waals surface area contributed by atoms with Gasteiger partial charge in [0, 0.05) is 12.8 Å². The van der Waals surface area contributed by atoms with E-state index in [1.807, 2.05) is 0 Å². The number of carbonyl (C=O) groups is 4. The molecule has 0 aromatic rings. The molecule has 0 aromatic heterocycles. The third-order valence-corrected chi connectivity index (χ3v) is 2.60. The van der Waals surface area contributed by atoms with Crippen molar-refractivity contribution in [3.05, 3.63) is 0 Å². The van der Waals surface area contributed by atoms with Crippen LogP contribution in [0.3, 0.4) is 0 Å². The quantitative estimate of drug-likeness (QED) is 0.436. The van der Waals surface area contributed by atoms with Gasteiger partial charge in [-0.2, -0.15) is 0 Å². The molecule has 1 fully saturated rings. The predicted molar refractivity (Wildman–Crippen MR) is 66.8 cm³/mol. The number of esters is 1. The zero-order chi connectivity index (χ0) is 15.7. The molecular formula is C13H19NO6. The first kappa shape index (κ1) is 16.1. The first-order valence-corrected chi connectivity index (χ1v) is 6.27. The van der Waals surface area contributed by atoms with Gasteiger partial charge in [-0.05, 0) is 34.6 Å². The number of carbonyl (C=O) groups excluding carboxylic acids is 4. The third kappa shape index (κ3) is 3.55. The second kappa shape index (κ2) is 5.22. The third-order valence-electron chi connectivity index (χ3n) is 2.60. The highest BCUT2D eigenvalue weighted by Crippen LogP contribution is 2.25. The Hall–Kier alpha value is -1.92. The number of nitrogens with zero attached hydrogens (tertiary/aromatic N) is 1. The van der Waals surface area contributed by atoms with Gasteiger partial charge in [-0.25, -0.2) is 4.79 Å². The Kier molecular flexibility index (Phi) is 4.21. The lowest BCUT2D eigenvalue weighted by Gasteiger charge is -2.27. The molecule has 1 aliphatic heterocycles. The number of hydroxylamine groups is 2. The van der Waals surface area contributed by atoms with Crippen LogP contribution < -0.4 is 0 Å². The second-order valence-corrected chi connectivity index (χ2v) is 6.09. The highest BCUT2D eigenvalue weighted by atomic mass is 16.7. The Morgan fingerprint density at radius 3 is 1.80 bits per heavy atom. The first-order chi connectivity index (χ1) is 8.95. The molecule has 7 nitrogen and oxygen atoms in total. The molecule has 0 atom stereocenters. The number of hydrogen-bond donors (Lipinski definition) is 0. The highest BCUT2D eigenvalue weighted by molar-refractivity contribution is 6.04. The Labute approximate surface area is 117 Å². The lowest BCUT2D eigenvalue weighted by Crippen LogP contribution is -2.44. The molecule has 0 aliphatic carbocycles. The van der Waals surface area contributed by atoms with Crippen LogP contribution in [0.2, 0.25) is 0 Å². The maximum atomic E-state index is 12.0. The van der Waals surface area contributed by atoms with Crippen LogP contribution in [0.25, 0.3) is 0 Å². The van der Waals surface area contributed by atoms with Gasteiger partial charge in [-0.15, -0.1) is 5.06 Å². The van der Waals surface area contributed by atoms with Gasteiger partial charge in [0.2, 0.25) is 0 Å². The molecule has 0 spiro atoms. The van der Waals surface area contributed by atoms with Gasteiger partial charge in [0.25, 0.3) is 11.8 Å². The standard InChI is InChI=1S/C13H19NO6/c1-12(2,3)19-10(17)13(4,5)11(18)20-14-8(15)6-7-9(14)16/h6-7H2,1-5H3. The van der Waals surface area contributed by atoms with Crippen molar-refractivity contribution >= 4 is 23.8 Å². The molecule has 0 aromatic carbocycles. The normalized spacial score (nSPS) is 16.4. The molecule has 1 saturated heterocycles. The van der Waals surface area contributed by atoms with Gasteiger partial charge in [-0.3, -0.25) is 14.4 Å². The summed E-state index contributed by atoms with van der Waals surface area (Å²) >= 11 is 0. The molecule has 0 unspecified atom stereocenters. The predicted octanol–water partition coefficient (Wildman–Crippen LogP) is 0.961. The van der Waals surface area contributed by atoms with Crippen LogP contribution in [0, 0.1) is 5.41 Å². The fraction of sp³-hybridized carbons (Fsp3) is 0.692. The van der Waals surface area contributed by atoms with Crippen molar-refractivity contribution in [2.45, 2.75) is 53.1 Å². The highest BCUT2D eigenvalue weighted by Gasteiger charge is 2.44. The lowest BCUT2D eigenvalue weighted by molar-refractivity contribution is -0.208. The molecule has 0 bridgehead atoms. The van der Waals surface area contributed by atoms with Gasteiger partial charge >= 0.3 is 11.9 Å². The Bertz CT molecular complexity index is 444. The van der Waals surface area contributed by atoms with Crippen molar-refractivity contribution in [1.82, 2.24) is 5.06 Å². The van der Waals surface area contributed by atoms with Crippen molar-refractivity contribution in [2.75, 3.05) is 0 Å². The van der Waals surface area contributed by atoms with Crippen molar-refractivity contribution in [3.8, 4) is 0 Å². The van der Waals surface area contributed by atoms with E-state index < -0.39 is 34.8 Å². The van der Waals surface area contributed by atoms with Gasteiger partial charge < -0.3 is 9.57 Å². The summed E-state index contributed by atoms with van der Waals surface area (Å²) in [5, 5.41) is 0.411. The zero-order valence-electron chi connectivity index (χ0n) is 12.3. The van der Waals surface area contributed by atoms with E-state index in [9.17, 15) is 19.2 Å². The summed E-state index contributed by atoms with van der Waals surface area (Å²) in [5.41, 5.74) is -2.37. The minimum absolute atomic E-state index is 0.00101. The van der Waals surface area contributed by atoms with Crippen molar-refractivity contribution in [3.63, 3.8) is 0 Å². The molecule has 7 heteroatoms. The largest absolute Gasteiger partial charge is 0.459 e. The Balaban J connectivity index is 2.77. The summed E-state index contributed by atoms with van der Waals surface area (Å²) in [4.78, 5) is 51.4. The minimum atomic E-state index is -1.61. The number of rotatable bonds is 3. The van der Waals surface area contributed by atoms with Gasteiger partial charge in [0.05, 0.1) is 0 Å². The summed E-state index contributed by atoms with van der Waals surface area (Å²) in [6.07, 6.45) is -0.00202. The summed E-state index contributed by atoms with van der Waals surface area (Å²) in [7, 11) is 0. The lowest BCUT2D eigenvalue weighted by atomic mass is 9.94. The molecule has 20 heavy (non-hydrogen) atoms. The summed E-state index contributed by atoms with van der Waals surface area (Å²) in [5.74, 6) is -2.98. The molecule has 0 saturated carbocycles. The van der Waals surface area contributed by atoms with E-state index in [4.69, 9.17) is 9.57 Å². The SMILES string of the molecule is CC(C)(C)OC(=O)C(C)(C)C(=O)ON1C(=O)CCC1=O. The summed E-state index contributed by atoms with van der Waals surface area (Å²) < 4.78 is 5.11. The summed E-state index contributed by atoms with van der Waals surface area (Å²) in [6, 6.07) is 0. The molecule has 0 radical (unpaired) electrons. The minimum Gasteiger partial charge on any atom is -0.459 e. The van der Waals surface area contributed by atoms with Crippen molar-refractivity contribution in [1.29, 1.82) is 0 Å². The smallest absolute Gasteiger partial charge is 0.349 e. The molecule has 1 rings (SSSR count). The van der Waals surface area contributed by atoms with Gasteiger partial charge in [0.15, 0.2) is 5.41 Å². The fourth-order valence-corrected chi connectivity index (χ4v) is 1.34. The van der Waals surface area contributed by atoms with Crippen molar-refractivity contribution in [2.24, 2.45) is 5.41 Å². The van der Waals surface area contributed by atoms with E-state index in [1.54, 1.807) is 20.8 Å². The van der Waals surface area contributed by atoms with E-state index in [0.29, 0.717) is 5.06 Å². The topological polar surface area (TPSA) is 90.0 Å².